The van der Waals surface area contributed by atoms with E-state index in [1.165, 1.54) is 31.2 Å². The van der Waals surface area contributed by atoms with E-state index in [2.05, 4.69) is 28.9 Å². The molecule has 2 rings (SSSR count). The van der Waals surface area contributed by atoms with Gasteiger partial charge in [-0.25, -0.2) is 4.79 Å². The molecule has 4 heteroatoms. The van der Waals surface area contributed by atoms with Gasteiger partial charge in [0.25, 0.3) is 0 Å². The van der Waals surface area contributed by atoms with E-state index in [0.29, 0.717) is 5.92 Å². The van der Waals surface area contributed by atoms with Gasteiger partial charge < -0.3 is 16.0 Å². The highest BCUT2D eigenvalue weighted by molar-refractivity contribution is 5.89. The maximum Gasteiger partial charge on any atom is 0.319 e. The molecule has 110 valence electrons. The molecular weight excluding hydrogens is 250 g/mol. The summed E-state index contributed by atoms with van der Waals surface area (Å²) < 4.78 is 0. The van der Waals surface area contributed by atoms with Gasteiger partial charge in [-0.05, 0) is 50.4 Å². The fourth-order valence-electron chi connectivity index (χ4n) is 2.68. The summed E-state index contributed by atoms with van der Waals surface area (Å²) in [6.07, 6.45) is 5.10. The smallest absolute Gasteiger partial charge is 0.319 e. The molecular formula is C16H25N3O. The maximum absolute atomic E-state index is 11.9. The molecule has 1 aliphatic carbocycles. The minimum Gasteiger partial charge on any atom is -0.338 e. The Morgan fingerprint density at radius 3 is 2.80 bits per heavy atom. The summed E-state index contributed by atoms with van der Waals surface area (Å²) in [5.74, 6) is 0.663. The largest absolute Gasteiger partial charge is 0.338 e. The monoisotopic (exact) mass is 275 g/mol. The molecule has 1 aromatic carbocycles. The normalized spacial score (nSPS) is 16.9. The second-order valence-electron chi connectivity index (χ2n) is 5.62. The first kappa shape index (κ1) is 14.9. The van der Waals surface area contributed by atoms with Gasteiger partial charge >= 0.3 is 6.03 Å². The predicted octanol–water partition coefficient (Wildman–Crippen LogP) is 3.28. The van der Waals surface area contributed by atoms with Crippen molar-refractivity contribution >= 4 is 11.7 Å². The summed E-state index contributed by atoms with van der Waals surface area (Å²) in [6.45, 7) is 2.89. The minimum absolute atomic E-state index is 0.105. The van der Waals surface area contributed by atoms with Crippen LogP contribution < -0.4 is 16.0 Å². The average molecular weight is 275 g/mol. The van der Waals surface area contributed by atoms with Crippen molar-refractivity contribution in [3.63, 3.8) is 0 Å². The third kappa shape index (κ3) is 4.23. The summed E-state index contributed by atoms with van der Waals surface area (Å²) in [5, 5.41) is 9.07. The Labute approximate surface area is 121 Å². The van der Waals surface area contributed by atoms with Crippen LogP contribution in [0, 0.1) is 5.92 Å². The molecule has 1 atom stereocenters. The zero-order valence-electron chi connectivity index (χ0n) is 12.4. The van der Waals surface area contributed by atoms with Crippen LogP contribution in [-0.4, -0.2) is 19.6 Å². The minimum atomic E-state index is -0.105. The Morgan fingerprint density at radius 2 is 2.10 bits per heavy atom. The molecule has 1 saturated carbocycles. The number of carbonyl (C=O) groups is 1. The van der Waals surface area contributed by atoms with Gasteiger partial charge in [-0.3, -0.25) is 0 Å². The highest BCUT2D eigenvalue weighted by Crippen LogP contribution is 2.23. The summed E-state index contributed by atoms with van der Waals surface area (Å²) in [5.41, 5.74) is 2.01. The molecule has 1 aliphatic rings. The lowest BCUT2D eigenvalue weighted by molar-refractivity contribution is 0.250. The number of benzene rings is 1. The fourth-order valence-corrected chi connectivity index (χ4v) is 2.68. The van der Waals surface area contributed by atoms with Gasteiger partial charge in [-0.1, -0.05) is 25.0 Å². The van der Waals surface area contributed by atoms with Crippen molar-refractivity contribution in [1.82, 2.24) is 10.6 Å². The van der Waals surface area contributed by atoms with E-state index in [9.17, 15) is 4.79 Å². The van der Waals surface area contributed by atoms with Crippen LogP contribution in [0.1, 0.15) is 44.2 Å². The Kier molecular flexibility index (Phi) is 5.41. The molecule has 4 nitrogen and oxygen atoms in total. The van der Waals surface area contributed by atoms with E-state index in [1.807, 2.05) is 25.2 Å². The van der Waals surface area contributed by atoms with E-state index in [-0.39, 0.29) is 12.1 Å². The van der Waals surface area contributed by atoms with Crippen molar-refractivity contribution in [2.45, 2.75) is 38.6 Å². The van der Waals surface area contributed by atoms with Gasteiger partial charge in [-0.2, -0.15) is 0 Å². The molecule has 20 heavy (non-hydrogen) atoms. The quantitative estimate of drug-likeness (QED) is 0.772. The van der Waals surface area contributed by atoms with Crippen LogP contribution in [0.4, 0.5) is 10.5 Å². The van der Waals surface area contributed by atoms with Crippen molar-refractivity contribution in [2.24, 2.45) is 5.92 Å². The lowest BCUT2D eigenvalue weighted by atomic mass is 10.1. The van der Waals surface area contributed by atoms with Gasteiger partial charge in [-0.15, -0.1) is 0 Å². The Bertz CT molecular complexity index is 441. The summed E-state index contributed by atoms with van der Waals surface area (Å²) in [7, 11) is 1.93. The van der Waals surface area contributed by atoms with Crippen LogP contribution in [-0.2, 0) is 0 Å². The molecule has 1 aromatic rings. The Balaban J connectivity index is 1.83. The summed E-state index contributed by atoms with van der Waals surface area (Å²) >= 11 is 0. The zero-order valence-corrected chi connectivity index (χ0v) is 12.4. The summed E-state index contributed by atoms with van der Waals surface area (Å²) in [6, 6.07) is 8.13. The lowest BCUT2D eigenvalue weighted by Gasteiger charge is -2.14. The molecule has 0 spiro atoms. The standard InChI is InChI=1S/C16H25N3O/c1-12(17-2)14-8-5-9-15(10-14)19-16(20)18-11-13-6-3-4-7-13/h5,8-10,12-13,17H,3-4,6-7,11H2,1-2H3,(H2,18,19,20). The number of nitrogens with one attached hydrogen (secondary N) is 3. The van der Waals surface area contributed by atoms with Crippen molar-refractivity contribution < 1.29 is 4.79 Å². The highest BCUT2D eigenvalue weighted by Gasteiger charge is 2.15. The molecule has 0 bridgehead atoms. The van der Waals surface area contributed by atoms with E-state index < -0.39 is 0 Å². The van der Waals surface area contributed by atoms with Crippen LogP contribution >= 0.6 is 0 Å². The van der Waals surface area contributed by atoms with Crippen molar-refractivity contribution in [3.05, 3.63) is 29.8 Å². The predicted molar refractivity (Wildman–Crippen MR) is 82.9 cm³/mol. The van der Waals surface area contributed by atoms with Crippen LogP contribution in [0.2, 0.25) is 0 Å². The van der Waals surface area contributed by atoms with Gasteiger partial charge in [0, 0.05) is 18.3 Å². The van der Waals surface area contributed by atoms with Crippen molar-refractivity contribution in [1.29, 1.82) is 0 Å². The van der Waals surface area contributed by atoms with E-state index >= 15 is 0 Å². The Hall–Kier alpha value is -1.55. The van der Waals surface area contributed by atoms with Crippen LogP contribution in [0.15, 0.2) is 24.3 Å². The average Bonchev–Trinajstić information content (AvgIpc) is 2.98. The highest BCUT2D eigenvalue weighted by atomic mass is 16.2. The first-order chi connectivity index (χ1) is 9.69. The molecule has 3 N–H and O–H groups in total. The van der Waals surface area contributed by atoms with Crippen LogP contribution in [0.25, 0.3) is 0 Å². The maximum atomic E-state index is 11.9. The third-order valence-electron chi connectivity index (χ3n) is 4.10. The van der Waals surface area contributed by atoms with Gasteiger partial charge in [0.1, 0.15) is 0 Å². The van der Waals surface area contributed by atoms with Gasteiger partial charge in [0.2, 0.25) is 0 Å². The second-order valence-corrected chi connectivity index (χ2v) is 5.62. The number of amides is 2. The molecule has 0 aliphatic heterocycles. The van der Waals surface area contributed by atoms with E-state index in [1.54, 1.807) is 0 Å². The SMILES string of the molecule is CNC(C)c1cccc(NC(=O)NCC2CCCC2)c1. The second kappa shape index (κ2) is 7.29. The van der Waals surface area contributed by atoms with Crippen molar-refractivity contribution in [3.8, 4) is 0 Å². The molecule has 0 radical (unpaired) electrons. The molecule has 2 amide bonds. The topological polar surface area (TPSA) is 53.2 Å². The van der Waals surface area contributed by atoms with Crippen LogP contribution in [0.3, 0.4) is 0 Å². The van der Waals surface area contributed by atoms with Gasteiger partial charge in [0.15, 0.2) is 0 Å². The number of carbonyl (C=O) groups excluding carboxylic acids is 1. The van der Waals surface area contributed by atoms with Gasteiger partial charge in [0.05, 0.1) is 0 Å². The molecule has 0 heterocycles. The first-order valence-corrected chi connectivity index (χ1v) is 7.51. The number of hydrogen-bond acceptors (Lipinski definition) is 2. The number of hydrogen-bond donors (Lipinski definition) is 3. The van der Waals surface area contributed by atoms with Crippen LogP contribution in [0.5, 0.6) is 0 Å². The lowest BCUT2D eigenvalue weighted by Crippen LogP contribution is -2.32. The third-order valence-corrected chi connectivity index (χ3v) is 4.10. The molecule has 0 saturated heterocycles. The zero-order chi connectivity index (χ0) is 14.4. The number of urea groups is 1. The Morgan fingerprint density at radius 1 is 1.35 bits per heavy atom. The number of rotatable bonds is 5. The molecule has 1 fully saturated rings. The van der Waals surface area contributed by atoms with E-state index in [0.717, 1.165) is 12.2 Å². The fraction of sp³-hybridized carbons (Fsp3) is 0.562. The summed E-state index contributed by atoms with van der Waals surface area (Å²) in [4.78, 5) is 11.9. The van der Waals surface area contributed by atoms with E-state index in [4.69, 9.17) is 0 Å². The molecule has 1 unspecified atom stereocenters. The molecule has 0 aromatic heterocycles. The first-order valence-electron chi connectivity index (χ1n) is 7.51. The number of anilines is 1. The van der Waals surface area contributed by atoms with Crippen molar-refractivity contribution in [2.75, 3.05) is 18.9 Å².